The monoisotopic (exact) mass is 291 g/mol. The van der Waals surface area contributed by atoms with E-state index in [1.165, 1.54) is 18.4 Å². The molecule has 20 heavy (non-hydrogen) atoms. The van der Waals surface area contributed by atoms with Gasteiger partial charge in [-0.3, -0.25) is 14.5 Å². The van der Waals surface area contributed by atoms with Gasteiger partial charge in [0.15, 0.2) is 5.76 Å². The van der Waals surface area contributed by atoms with Crippen molar-refractivity contribution in [3.63, 3.8) is 0 Å². The van der Waals surface area contributed by atoms with Crippen molar-refractivity contribution in [2.45, 2.75) is 6.54 Å². The summed E-state index contributed by atoms with van der Waals surface area (Å²) in [5.74, 6) is -1.12. The van der Waals surface area contributed by atoms with Crippen molar-refractivity contribution in [2.75, 3.05) is 7.05 Å². The first-order valence-electron chi connectivity index (χ1n) is 5.71. The number of hydrogen-bond acceptors (Lipinski definition) is 6. The lowest BCUT2D eigenvalue weighted by Crippen LogP contribution is -2.31. The second kappa shape index (κ2) is 4.57. The fourth-order valence-corrected chi connectivity index (χ4v) is 2.51. The average molecular weight is 291 g/mol. The molecule has 3 heterocycles. The first kappa shape index (κ1) is 12.5. The molecule has 0 N–H and O–H groups in total. The second-order valence-electron chi connectivity index (χ2n) is 4.20. The highest BCUT2D eigenvalue weighted by Crippen LogP contribution is 2.26. The zero-order valence-corrected chi connectivity index (χ0v) is 11.2. The lowest BCUT2D eigenvalue weighted by molar-refractivity contribution is -0.143. The summed E-state index contributed by atoms with van der Waals surface area (Å²) < 4.78 is 5.16. The number of imide groups is 2. The zero-order chi connectivity index (χ0) is 14.3. The summed E-state index contributed by atoms with van der Waals surface area (Å²) in [4.78, 5) is 37.2. The average Bonchev–Trinajstić information content (AvgIpc) is 3.14. The van der Waals surface area contributed by atoms with Gasteiger partial charge < -0.3 is 4.52 Å². The normalized spacial score (nSPS) is 15.6. The lowest BCUT2D eigenvalue weighted by Gasteiger charge is -2.09. The van der Waals surface area contributed by atoms with Crippen LogP contribution in [0, 0.1) is 0 Å². The lowest BCUT2D eigenvalue weighted by atomic mass is 10.3. The van der Waals surface area contributed by atoms with Gasteiger partial charge in [-0.15, -0.1) is 11.3 Å². The van der Waals surface area contributed by atoms with E-state index in [2.05, 4.69) is 5.16 Å². The fourth-order valence-electron chi connectivity index (χ4n) is 1.84. The maximum absolute atomic E-state index is 11.7. The Bertz CT molecular complexity index is 691. The highest BCUT2D eigenvalue weighted by atomic mass is 32.1. The highest BCUT2D eigenvalue weighted by molar-refractivity contribution is 7.13. The van der Waals surface area contributed by atoms with Crippen LogP contribution in [0.15, 0.2) is 28.1 Å². The molecule has 2 aromatic heterocycles. The number of aromatic nitrogens is 1. The Morgan fingerprint density at radius 1 is 1.30 bits per heavy atom. The molecule has 0 unspecified atom stereocenters. The summed E-state index contributed by atoms with van der Waals surface area (Å²) in [5.41, 5.74) is 0.415. The molecule has 3 rings (SSSR count). The molecule has 1 saturated heterocycles. The predicted molar refractivity (Wildman–Crippen MR) is 68.5 cm³/mol. The van der Waals surface area contributed by atoms with Gasteiger partial charge in [0.1, 0.15) is 5.69 Å². The van der Waals surface area contributed by atoms with Crippen LogP contribution >= 0.6 is 11.3 Å². The summed E-state index contributed by atoms with van der Waals surface area (Å²) in [7, 11) is 1.27. The number of nitrogens with zero attached hydrogens (tertiary/aromatic N) is 3. The molecule has 8 heteroatoms. The number of thiophene rings is 1. The molecular formula is C12H9N3O4S. The molecule has 2 aromatic rings. The van der Waals surface area contributed by atoms with Crippen LogP contribution in [0.4, 0.5) is 4.79 Å². The molecule has 0 radical (unpaired) electrons. The molecular weight excluding hydrogens is 282 g/mol. The van der Waals surface area contributed by atoms with Gasteiger partial charge in [0.2, 0.25) is 0 Å². The van der Waals surface area contributed by atoms with Crippen molar-refractivity contribution < 1.29 is 18.9 Å². The molecule has 1 aliphatic rings. The van der Waals surface area contributed by atoms with Crippen molar-refractivity contribution in [2.24, 2.45) is 0 Å². The summed E-state index contributed by atoms with van der Waals surface area (Å²) in [5, 5.41) is 5.71. The van der Waals surface area contributed by atoms with Crippen LogP contribution in [0.5, 0.6) is 0 Å². The summed E-state index contributed by atoms with van der Waals surface area (Å²) in [6.07, 6.45) is 0. The van der Waals surface area contributed by atoms with Gasteiger partial charge in [0, 0.05) is 13.1 Å². The summed E-state index contributed by atoms with van der Waals surface area (Å²) in [6.45, 7) is -0.0807. The quantitative estimate of drug-likeness (QED) is 0.629. The van der Waals surface area contributed by atoms with E-state index in [9.17, 15) is 14.4 Å². The van der Waals surface area contributed by atoms with Crippen molar-refractivity contribution in [1.82, 2.24) is 15.0 Å². The number of hydrogen-bond donors (Lipinski definition) is 0. The van der Waals surface area contributed by atoms with Crippen LogP contribution in [0.3, 0.4) is 0 Å². The predicted octanol–water partition coefficient (Wildman–Crippen LogP) is 1.32. The van der Waals surface area contributed by atoms with E-state index in [0.29, 0.717) is 11.5 Å². The first-order valence-corrected chi connectivity index (χ1v) is 6.59. The number of urea groups is 1. The number of carbonyl (C=O) groups excluding carboxylic acids is 3. The van der Waals surface area contributed by atoms with E-state index in [4.69, 9.17) is 4.52 Å². The standard InChI is InChI=1S/C12H9N3O4S/c1-14-10(16)11(17)15(12(14)18)6-7-5-8(19-13-7)9-3-2-4-20-9/h2-5H,6H2,1H3. The number of carbonyl (C=O) groups is 3. The zero-order valence-electron chi connectivity index (χ0n) is 10.4. The van der Waals surface area contributed by atoms with E-state index >= 15 is 0 Å². The molecule has 7 nitrogen and oxygen atoms in total. The van der Waals surface area contributed by atoms with Crippen LogP contribution in [0.1, 0.15) is 5.69 Å². The Balaban J connectivity index is 1.81. The molecule has 1 aliphatic heterocycles. The van der Waals surface area contributed by atoms with E-state index in [1.54, 1.807) is 6.07 Å². The Labute approximate surface area is 117 Å². The van der Waals surface area contributed by atoms with Crippen LogP contribution in [-0.4, -0.2) is 39.8 Å². The minimum Gasteiger partial charge on any atom is -0.355 e. The smallest absolute Gasteiger partial charge is 0.334 e. The Hall–Kier alpha value is -2.48. The van der Waals surface area contributed by atoms with Crippen molar-refractivity contribution >= 4 is 29.2 Å². The van der Waals surface area contributed by atoms with Gasteiger partial charge in [-0.05, 0) is 11.4 Å². The van der Waals surface area contributed by atoms with Crippen LogP contribution < -0.4 is 0 Å². The number of rotatable bonds is 3. The van der Waals surface area contributed by atoms with Crippen molar-refractivity contribution in [1.29, 1.82) is 0 Å². The van der Waals surface area contributed by atoms with Crippen LogP contribution in [-0.2, 0) is 16.1 Å². The number of likely N-dealkylation sites (N-methyl/N-ethyl adjacent to an activating group) is 1. The van der Waals surface area contributed by atoms with Crippen molar-refractivity contribution in [3.05, 3.63) is 29.3 Å². The largest absolute Gasteiger partial charge is 0.355 e. The third kappa shape index (κ3) is 1.90. The van der Waals surface area contributed by atoms with Crippen molar-refractivity contribution in [3.8, 4) is 10.6 Å². The maximum atomic E-state index is 11.7. The van der Waals surface area contributed by atoms with Crippen LogP contribution in [0.2, 0.25) is 0 Å². The Morgan fingerprint density at radius 3 is 2.70 bits per heavy atom. The van der Waals surface area contributed by atoms with Crippen LogP contribution in [0.25, 0.3) is 10.6 Å². The molecule has 4 amide bonds. The third-order valence-electron chi connectivity index (χ3n) is 2.89. The van der Waals surface area contributed by atoms with E-state index in [1.807, 2.05) is 17.5 Å². The SMILES string of the molecule is CN1C(=O)C(=O)N(Cc2cc(-c3cccs3)on2)C1=O. The highest BCUT2D eigenvalue weighted by Gasteiger charge is 2.42. The molecule has 0 spiro atoms. The third-order valence-corrected chi connectivity index (χ3v) is 3.78. The fraction of sp³-hybridized carbons (Fsp3) is 0.167. The van der Waals surface area contributed by atoms with Gasteiger partial charge in [0.25, 0.3) is 0 Å². The van der Waals surface area contributed by atoms with Gasteiger partial charge in [0.05, 0.1) is 11.4 Å². The summed E-state index contributed by atoms with van der Waals surface area (Å²) >= 11 is 1.49. The molecule has 0 aliphatic carbocycles. The Kier molecular flexibility index (Phi) is 2.87. The number of amides is 4. The van der Waals surface area contributed by atoms with E-state index in [0.717, 1.165) is 14.7 Å². The molecule has 0 aromatic carbocycles. The van der Waals surface area contributed by atoms with Gasteiger partial charge in [-0.2, -0.15) is 0 Å². The second-order valence-corrected chi connectivity index (χ2v) is 5.15. The maximum Gasteiger partial charge on any atom is 0.334 e. The molecule has 0 saturated carbocycles. The topological polar surface area (TPSA) is 83.7 Å². The van der Waals surface area contributed by atoms with Gasteiger partial charge in [-0.25, -0.2) is 9.69 Å². The molecule has 102 valence electrons. The molecule has 1 fully saturated rings. The molecule has 0 bridgehead atoms. The van der Waals surface area contributed by atoms with E-state index < -0.39 is 17.8 Å². The minimum absolute atomic E-state index is 0.0807. The van der Waals surface area contributed by atoms with Gasteiger partial charge >= 0.3 is 17.8 Å². The summed E-state index contributed by atoms with van der Waals surface area (Å²) in [6, 6.07) is 4.75. The van der Waals surface area contributed by atoms with Gasteiger partial charge in [-0.1, -0.05) is 11.2 Å². The molecule has 0 atom stereocenters. The minimum atomic E-state index is -0.849. The first-order chi connectivity index (χ1) is 9.58. The Morgan fingerprint density at radius 2 is 2.10 bits per heavy atom. The van der Waals surface area contributed by atoms with E-state index in [-0.39, 0.29) is 6.54 Å².